The van der Waals surface area contributed by atoms with Crippen molar-refractivity contribution >= 4 is 29.0 Å². The smallest absolute Gasteiger partial charge is 0.323 e. The zero-order chi connectivity index (χ0) is 25.5. The van der Waals surface area contributed by atoms with E-state index in [1.165, 1.54) is 0 Å². The van der Waals surface area contributed by atoms with Gasteiger partial charge in [-0.25, -0.2) is 14.8 Å². The standard InChI is InChI=1S/C27H30N8O2/c1-2-11-29-26-30-12-10-24(33-26)35-14-13-28-25(35)20-4-3-5-22(19-20)32-27(36)31-21-6-8-23(9-7-21)34-15-17-37-18-16-34/h3-10,12-14,19H,2,11,15-18H2,1H3,(H,29,30,33)(H2,31,32,36). The van der Waals surface area contributed by atoms with Crippen LogP contribution >= 0.6 is 0 Å². The fraction of sp³-hybridized carbons (Fsp3) is 0.259. The van der Waals surface area contributed by atoms with Crippen LogP contribution in [0.5, 0.6) is 0 Å². The van der Waals surface area contributed by atoms with Crippen molar-refractivity contribution in [1.29, 1.82) is 0 Å². The molecular formula is C27H30N8O2. The van der Waals surface area contributed by atoms with Gasteiger partial charge in [-0.1, -0.05) is 19.1 Å². The zero-order valence-electron chi connectivity index (χ0n) is 20.7. The van der Waals surface area contributed by atoms with Gasteiger partial charge >= 0.3 is 6.03 Å². The molecule has 3 heterocycles. The fourth-order valence-corrected chi connectivity index (χ4v) is 4.11. The highest BCUT2D eigenvalue weighted by atomic mass is 16.5. The summed E-state index contributed by atoms with van der Waals surface area (Å²) < 4.78 is 7.31. The third-order valence-electron chi connectivity index (χ3n) is 5.94. The Balaban J connectivity index is 1.26. The fourth-order valence-electron chi connectivity index (χ4n) is 4.11. The largest absolute Gasteiger partial charge is 0.378 e. The minimum atomic E-state index is -0.318. The summed E-state index contributed by atoms with van der Waals surface area (Å²) in [5, 5.41) is 9.02. The molecule has 0 spiro atoms. The molecule has 3 N–H and O–H groups in total. The molecule has 1 fully saturated rings. The maximum Gasteiger partial charge on any atom is 0.323 e. The van der Waals surface area contributed by atoms with Crippen LogP contribution in [0, 0.1) is 0 Å². The van der Waals surface area contributed by atoms with Crippen molar-refractivity contribution in [1.82, 2.24) is 19.5 Å². The summed E-state index contributed by atoms with van der Waals surface area (Å²) in [5.74, 6) is 1.99. The zero-order valence-corrected chi connectivity index (χ0v) is 20.7. The van der Waals surface area contributed by atoms with Crippen molar-refractivity contribution < 1.29 is 9.53 Å². The maximum absolute atomic E-state index is 12.7. The molecule has 37 heavy (non-hydrogen) atoms. The Labute approximate surface area is 215 Å². The number of nitrogens with one attached hydrogen (secondary N) is 3. The summed E-state index contributed by atoms with van der Waals surface area (Å²) in [7, 11) is 0. The van der Waals surface area contributed by atoms with Crippen molar-refractivity contribution in [3.05, 3.63) is 73.2 Å². The number of carbonyl (C=O) groups is 1. The SMILES string of the molecule is CCCNc1nccc(-n2ccnc2-c2cccc(NC(=O)Nc3ccc(N4CCOCC4)cc3)c2)n1. The number of anilines is 4. The van der Waals surface area contributed by atoms with Crippen molar-refractivity contribution in [2.75, 3.05) is 53.7 Å². The number of benzene rings is 2. The lowest BCUT2D eigenvalue weighted by Gasteiger charge is -2.28. The van der Waals surface area contributed by atoms with Crippen LogP contribution in [0.2, 0.25) is 0 Å². The summed E-state index contributed by atoms with van der Waals surface area (Å²) in [4.78, 5) is 28.4. The first-order chi connectivity index (χ1) is 18.2. The van der Waals surface area contributed by atoms with Gasteiger partial charge in [0, 0.05) is 60.9 Å². The molecule has 5 rings (SSSR count). The summed E-state index contributed by atoms with van der Waals surface area (Å²) in [5.41, 5.74) is 3.34. The molecule has 1 aliphatic rings. The second kappa shape index (κ2) is 11.5. The third kappa shape index (κ3) is 6.04. The highest BCUT2D eigenvalue weighted by molar-refractivity contribution is 6.00. The van der Waals surface area contributed by atoms with Gasteiger partial charge < -0.3 is 25.6 Å². The van der Waals surface area contributed by atoms with Crippen LogP contribution in [-0.2, 0) is 4.74 Å². The van der Waals surface area contributed by atoms with E-state index in [1.807, 2.05) is 65.4 Å². The van der Waals surface area contributed by atoms with E-state index in [2.05, 4.69) is 42.7 Å². The molecule has 4 aromatic rings. The van der Waals surface area contributed by atoms with Gasteiger partial charge in [0.15, 0.2) is 0 Å². The molecule has 1 saturated heterocycles. The number of amides is 2. The minimum absolute atomic E-state index is 0.318. The number of hydrogen-bond acceptors (Lipinski definition) is 7. The number of aromatic nitrogens is 4. The molecule has 2 aromatic carbocycles. The molecule has 0 bridgehead atoms. The van der Waals surface area contributed by atoms with Gasteiger partial charge in [0.1, 0.15) is 11.6 Å². The van der Waals surface area contributed by atoms with Gasteiger partial charge in [0.2, 0.25) is 5.95 Å². The molecule has 0 radical (unpaired) electrons. The topological polar surface area (TPSA) is 109 Å². The van der Waals surface area contributed by atoms with Crippen molar-refractivity contribution in [2.45, 2.75) is 13.3 Å². The third-order valence-corrected chi connectivity index (χ3v) is 5.94. The second-order valence-electron chi connectivity index (χ2n) is 8.59. The monoisotopic (exact) mass is 498 g/mol. The lowest BCUT2D eigenvalue weighted by Crippen LogP contribution is -2.36. The molecule has 10 heteroatoms. The first kappa shape index (κ1) is 24.3. The molecule has 0 unspecified atom stereocenters. The summed E-state index contributed by atoms with van der Waals surface area (Å²) >= 11 is 0. The van der Waals surface area contributed by atoms with Crippen LogP contribution in [-0.4, -0.2) is 58.4 Å². The van der Waals surface area contributed by atoms with Gasteiger partial charge in [-0.05, 0) is 48.9 Å². The van der Waals surface area contributed by atoms with Crippen LogP contribution in [0.3, 0.4) is 0 Å². The Hall–Kier alpha value is -4.44. The highest BCUT2D eigenvalue weighted by Gasteiger charge is 2.13. The lowest BCUT2D eigenvalue weighted by atomic mass is 10.2. The molecule has 0 saturated carbocycles. The maximum atomic E-state index is 12.7. The number of nitrogens with zero attached hydrogens (tertiary/aromatic N) is 5. The van der Waals surface area contributed by atoms with Gasteiger partial charge in [-0.2, -0.15) is 4.98 Å². The summed E-state index contributed by atoms with van der Waals surface area (Å²) in [6.45, 7) is 6.10. The average molecular weight is 499 g/mol. The predicted octanol–water partition coefficient (Wildman–Crippen LogP) is 4.63. The Morgan fingerprint density at radius 3 is 2.59 bits per heavy atom. The Bertz CT molecular complexity index is 1330. The first-order valence-corrected chi connectivity index (χ1v) is 12.4. The summed E-state index contributed by atoms with van der Waals surface area (Å²) in [6.07, 6.45) is 6.29. The van der Waals surface area contributed by atoms with Gasteiger partial charge in [-0.3, -0.25) is 4.57 Å². The number of imidazole rings is 1. The van der Waals surface area contributed by atoms with Gasteiger partial charge in [-0.15, -0.1) is 0 Å². The summed E-state index contributed by atoms with van der Waals surface area (Å²) in [6, 6.07) is 16.9. The van der Waals surface area contributed by atoms with Crippen molar-refractivity contribution in [2.24, 2.45) is 0 Å². The second-order valence-corrected chi connectivity index (χ2v) is 8.59. The van der Waals surface area contributed by atoms with E-state index >= 15 is 0 Å². The minimum Gasteiger partial charge on any atom is -0.378 e. The van der Waals surface area contributed by atoms with Crippen LogP contribution in [0.25, 0.3) is 17.2 Å². The number of hydrogen-bond donors (Lipinski definition) is 3. The predicted molar refractivity (Wildman–Crippen MR) is 145 cm³/mol. The number of ether oxygens (including phenoxy) is 1. The Morgan fingerprint density at radius 2 is 1.78 bits per heavy atom. The van der Waals surface area contributed by atoms with E-state index in [-0.39, 0.29) is 6.03 Å². The van der Waals surface area contributed by atoms with Gasteiger partial charge in [0.05, 0.1) is 13.2 Å². The van der Waals surface area contributed by atoms with E-state index in [1.54, 1.807) is 12.4 Å². The Morgan fingerprint density at radius 1 is 0.973 bits per heavy atom. The van der Waals surface area contributed by atoms with Crippen LogP contribution in [0.4, 0.5) is 27.8 Å². The van der Waals surface area contributed by atoms with E-state index in [0.29, 0.717) is 23.3 Å². The van der Waals surface area contributed by atoms with Crippen LogP contribution < -0.4 is 20.9 Å². The molecule has 1 aliphatic heterocycles. The van der Waals surface area contributed by atoms with E-state index in [9.17, 15) is 4.79 Å². The molecule has 10 nitrogen and oxygen atoms in total. The number of urea groups is 1. The van der Waals surface area contributed by atoms with E-state index in [4.69, 9.17) is 4.74 Å². The molecule has 0 atom stereocenters. The molecule has 0 aliphatic carbocycles. The Kier molecular flexibility index (Phi) is 7.56. The number of carbonyl (C=O) groups excluding carboxylic acids is 1. The molecule has 2 aromatic heterocycles. The quantitative estimate of drug-likeness (QED) is 0.325. The van der Waals surface area contributed by atoms with E-state index in [0.717, 1.165) is 56.2 Å². The van der Waals surface area contributed by atoms with Crippen molar-refractivity contribution in [3.8, 4) is 17.2 Å². The number of rotatable bonds is 8. The normalized spacial score (nSPS) is 13.3. The van der Waals surface area contributed by atoms with Crippen LogP contribution in [0.1, 0.15) is 13.3 Å². The van der Waals surface area contributed by atoms with Crippen molar-refractivity contribution in [3.63, 3.8) is 0 Å². The molecule has 190 valence electrons. The lowest BCUT2D eigenvalue weighted by molar-refractivity contribution is 0.122. The molecule has 2 amide bonds. The highest BCUT2D eigenvalue weighted by Crippen LogP contribution is 2.24. The van der Waals surface area contributed by atoms with Gasteiger partial charge in [0.25, 0.3) is 0 Å². The average Bonchev–Trinajstić information content (AvgIpc) is 3.43. The van der Waals surface area contributed by atoms with Crippen LogP contribution in [0.15, 0.2) is 73.2 Å². The molecular weight excluding hydrogens is 468 g/mol. The first-order valence-electron chi connectivity index (χ1n) is 12.4. The van der Waals surface area contributed by atoms with E-state index < -0.39 is 0 Å². The number of morpholine rings is 1.